The fraction of sp³-hybridized carbons (Fsp3) is 0.0556. The van der Waals surface area contributed by atoms with Crippen molar-refractivity contribution in [2.75, 3.05) is 0 Å². The van der Waals surface area contributed by atoms with Gasteiger partial charge in [-0.05, 0) is 12.1 Å². The van der Waals surface area contributed by atoms with Gasteiger partial charge < -0.3 is 0 Å². The second-order valence-electron chi connectivity index (χ2n) is 4.83. The number of carbonyl (C=O) groups is 1. The van der Waals surface area contributed by atoms with Gasteiger partial charge in [0.05, 0.1) is 11.6 Å². The Morgan fingerprint density at radius 3 is 2.62 bits per heavy atom. The summed E-state index contributed by atoms with van der Waals surface area (Å²) in [6.07, 6.45) is 3.74. The summed E-state index contributed by atoms with van der Waals surface area (Å²) in [5.41, 5.74) is 1.35. The zero-order chi connectivity index (χ0) is 14.7. The van der Waals surface area contributed by atoms with E-state index in [0.29, 0.717) is 11.1 Å². The molecule has 0 amide bonds. The molecule has 3 nitrogen and oxygen atoms in total. The molecule has 0 aliphatic carbocycles. The van der Waals surface area contributed by atoms with Crippen LogP contribution in [-0.4, -0.2) is 5.78 Å². The highest BCUT2D eigenvalue weighted by Gasteiger charge is 2.12. The zero-order valence-corrected chi connectivity index (χ0v) is 11.4. The minimum Gasteiger partial charge on any atom is -0.287 e. The summed E-state index contributed by atoms with van der Waals surface area (Å²) in [5, 5.41) is 10.9. The van der Waals surface area contributed by atoms with Crippen molar-refractivity contribution in [3.05, 3.63) is 78.1 Å². The van der Waals surface area contributed by atoms with Gasteiger partial charge in [0.25, 0.3) is 0 Å². The maximum atomic E-state index is 12.2. The van der Waals surface area contributed by atoms with Gasteiger partial charge in [-0.3, -0.25) is 4.79 Å². The predicted octanol–water partition coefficient (Wildman–Crippen LogP) is 2.88. The molecule has 0 fully saturated rings. The van der Waals surface area contributed by atoms with Crippen LogP contribution in [0, 0.1) is 11.3 Å². The van der Waals surface area contributed by atoms with Crippen LogP contribution in [0.1, 0.15) is 15.9 Å². The predicted molar refractivity (Wildman–Crippen MR) is 79.6 cm³/mol. The van der Waals surface area contributed by atoms with Crippen molar-refractivity contribution in [2.45, 2.75) is 6.54 Å². The Bertz CT molecular complexity index is 848. The third-order valence-electron chi connectivity index (χ3n) is 3.42. The summed E-state index contributed by atoms with van der Waals surface area (Å²) in [6, 6.07) is 18.9. The molecular weight excluding hydrogens is 260 g/mol. The third kappa shape index (κ3) is 2.65. The molecule has 0 bridgehead atoms. The van der Waals surface area contributed by atoms with Gasteiger partial charge in [-0.1, -0.05) is 36.4 Å². The van der Waals surface area contributed by atoms with Crippen molar-refractivity contribution in [3.8, 4) is 6.07 Å². The number of hydrogen-bond acceptors (Lipinski definition) is 2. The lowest BCUT2D eigenvalue weighted by Crippen LogP contribution is -2.37. The monoisotopic (exact) mass is 273 g/mol. The number of Topliss-reactive ketones (excluding diaryl/α,β-unsaturated/α-hetero) is 1. The van der Waals surface area contributed by atoms with E-state index in [4.69, 9.17) is 5.26 Å². The first-order valence-electron chi connectivity index (χ1n) is 6.68. The van der Waals surface area contributed by atoms with Crippen molar-refractivity contribution in [3.63, 3.8) is 0 Å². The van der Waals surface area contributed by atoms with Crippen molar-refractivity contribution in [2.24, 2.45) is 0 Å². The molecule has 0 spiro atoms. The van der Waals surface area contributed by atoms with Crippen LogP contribution in [0.5, 0.6) is 0 Å². The second kappa shape index (κ2) is 5.56. The summed E-state index contributed by atoms with van der Waals surface area (Å²) in [7, 11) is 0. The molecule has 0 N–H and O–H groups in total. The number of nitriles is 1. The topological polar surface area (TPSA) is 44.7 Å². The van der Waals surface area contributed by atoms with E-state index in [0.717, 1.165) is 10.8 Å². The molecule has 3 rings (SSSR count). The Morgan fingerprint density at radius 1 is 1.05 bits per heavy atom. The maximum Gasteiger partial charge on any atom is 0.227 e. The Labute approximate surface area is 122 Å². The maximum absolute atomic E-state index is 12.2. The van der Waals surface area contributed by atoms with Gasteiger partial charge in [0.1, 0.15) is 0 Å². The summed E-state index contributed by atoms with van der Waals surface area (Å²) < 4.78 is 1.85. The first-order chi connectivity index (χ1) is 10.3. The van der Waals surface area contributed by atoms with E-state index in [1.54, 1.807) is 6.07 Å². The number of pyridine rings is 1. The zero-order valence-electron chi connectivity index (χ0n) is 11.4. The highest BCUT2D eigenvalue weighted by molar-refractivity contribution is 5.95. The average Bonchev–Trinajstić information content (AvgIpc) is 2.54. The second-order valence-corrected chi connectivity index (χ2v) is 4.83. The summed E-state index contributed by atoms with van der Waals surface area (Å²) >= 11 is 0. The standard InChI is InChI=1S/C18H13N2O/c19-11-15-7-4-8-16-12-20(10-9-17(15)16)13-18(21)14-5-2-1-3-6-14/h1-10,12H,13H2/q+1. The molecular formula is C18H13N2O+. The molecule has 3 heteroatoms. The number of benzene rings is 2. The van der Waals surface area contributed by atoms with Gasteiger partial charge in [-0.15, -0.1) is 0 Å². The molecule has 0 atom stereocenters. The number of rotatable bonds is 3. The molecule has 0 saturated carbocycles. The molecule has 1 heterocycles. The SMILES string of the molecule is N#Cc1cccc2c[n+](CC(=O)c3ccccc3)ccc12. The third-order valence-corrected chi connectivity index (χ3v) is 3.42. The molecule has 3 aromatic rings. The minimum atomic E-state index is 0.0661. The molecule has 2 aromatic carbocycles. The van der Waals surface area contributed by atoms with Crippen LogP contribution in [0.4, 0.5) is 0 Å². The Hall–Kier alpha value is -2.99. The molecule has 0 radical (unpaired) electrons. The number of aromatic nitrogens is 1. The van der Waals surface area contributed by atoms with Crippen LogP contribution >= 0.6 is 0 Å². The van der Waals surface area contributed by atoms with Gasteiger partial charge in [-0.2, -0.15) is 9.83 Å². The fourth-order valence-electron chi connectivity index (χ4n) is 2.35. The van der Waals surface area contributed by atoms with Crippen LogP contribution < -0.4 is 4.57 Å². The quantitative estimate of drug-likeness (QED) is 0.544. The van der Waals surface area contributed by atoms with Gasteiger partial charge in [0, 0.05) is 22.4 Å². The summed E-state index contributed by atoms with van der Waals surface area (Å²) in [6.45, 7) is 0.288. The van der Waals surface area contributed by atoms with Crippen molar-refractivity contribution in [1.29, 1.82) is 5.26 Å². The van der Waals surface area contributed by atoms with Crippen LogP contribution in [-0.2, 0) is 6.54 Å². The highest BCUT2D eigenvalue weighted by Crippen LogP contribution is 2.15. The van der Waals surface area contributed by atoms with E-state index in [2.05, 4.69) is 6.07 Å². The minimum absolute atomic E-state index is 0.0661. The van der Waals surface area contributed by atoms with E-state index in [1.807, 2.05) is 65.5 Å². The molecule has 21 heavy (non-hydrogen) atoms. The fourth-order valence-corrected chi connectivity index (χ4v) is 2.35. The van der Waals surface area contributed by atoms with Gasteiger partial charge >= 0.3 is 0 Å². The number of carbonyl (C=O) groups excluding carboxylic acids is 1. The van der Waals surface area contributed by atoms with Crippen molar-refractivity contribution >= 4 is 16.6 Å². The van der Waals surface area contributed by atoms with Gasteiger partial charge in [0.2, 0.25) is 12.3 Å². The molecule has 0 aliphatic heterocycles. The molecule has 0 unspecified atom stereocenters. The van der Waals surface area contributed by atoms with E-state index in [-0.39, 0.29) is 12.3 Å². The van der Waals surface area contributed by atoms with Crippen molar-refractivity contribution < 1.29 is 9.36 Å². The van der Waals surface area contributed by atoms with Crippen LogP contribution in [0.15, 0.2) is 67.0 Å². The van der Waals surface area contributed by atoms with Crippen LogP contribution in [0.25, 0.3) is 10.8 Å². The van der Waals surface area contributed by atoms with E-state index in [1.165, 1.54) is 0 Å². The largest absolute Gasteiger partial charge is 0.287 e. The Kier molecular flexibility index (Phi) is 3.44. The van der Waals surface area contributed by atoms with Gasteiger partial charge in [-0.25, -0.2) is 0 Å². The van der Waals surface area contributed by atoms with Crippen molar-refractivity contribution in [1.82, 2.24) is 0 Å². The number of fused-ring (bicyclic) bond motifs is 1. The molecule has 0 aliphatic rings. The first kappa shape index (κ1) is 13.0. The molecule has 1 aromatic heterocycles. The molecule has 100 valence electrons. The van der Waals surface area contributed by atoms with Gasteiger partial charge in [0.15, 0.2) is 12.4 Å². The number of nitrogens with zero attached hydrogens (tertiary/aromatic N) is 2. The van der Waals surface area contributed by atoms with E-state index in [9.17, 15) is 4.79 Å². The summed E-state index contributed by atoms with van der Waals surface area (Å²) in [4.78, 5) is 12.2. The lowest BCUT2D eigenvalue weighted by atomic mass is 10.1. The normalized spacial score (nSPS) is 10.2. The Morgan fingerprint density at radius 2 is 1.86 bits per heavy atom. The number of ketones is 1. The lowest BCUT2D eigenvalue weighted by Gasteiger charge is -2.01. The van der Waals surface area contributed by atoms with E-state index < -0.39 is 0 Å². The van der Waals surface area contributed by atoms with E-state index >= 15 is 0 Å². The summed E-state index contributed by atoms with van der Waals surface area (Å²) in [5.74, 6) is 0.0661. The Balaban J connectivity index is 1.92. The average molecular weight is 273 g/mol. The number of hydrogen-bond donors (Lipinski definition) is 0. The first-order valence-corrected chi connectivity index (χ1v) is 6.68. The highest BCUT2D eigenvalue weighted by atomic mass is 16.1. The smallest absolute Gasteiger partial charge is 0.227 e. The van der Waals surface area contributed by atoms with Crippen LogP contribution in [0.2, 0.25) is 0 Å². The van der Waals surface area contributed by atoms with Crippen LogP contribution in [0.3, 0.4) is 0 Å². The lowest BCUT2D eigenvalue weighted by molar-refractivity contribution is -0.681. The molecule has 0 saturated heterocycles.